The van der Waals surface area contributed by atoms with Crippen LogP contribution in [-0.4, -0.2) is 26.8 Å². The molecule has 5 heteroatoms. The SMILES string of the molecule is CC(C)CCS(=O)(=O)NC1CCCC1CN. The molecule has 0 aromatic carbocycles. The first kappa shape index (κ1) is 13.9. The monoisotopic (exact) mass is 248 g/mol. The van der Waals surface area contributed by atoms with Gasteiger partial charge in [0.05, 0.1) is 5.75 Å². The van der Waals surface area contributed by atoms with E-state index in [1.807, 2.05) is 13.8 Å². The van der Waals surface area contributed by atoms with E-state index >= 15 is 0 Å². The molecule has 1 aliphatic rings. The number of sulfonamides is 1. The Morgan fingerprint density at radius 1 is 1.38 bits per heavy atom. The molecule has 0 bridgehead atoms. The van der Waals surface area contributed by atoms with Gasteiger partial charge in [-0.1, -0.05) is 20.3 Å². The molecule has 2 atom stereocenters. The normalized spacial score (nSPS) is 26.5. The van der Waals surface area contributed by atoms with Crippen LogP contribution in [0.2, 0.25) is 0 Å². The molecule has 0 aromatic rings. The molecule has 16 heavy (non-hydrogen) atoms. The quantitative estimate of drug-likeness (QED) is 0.739. The van der Waals surface area contributed by atoms with E-state index in [-0.39, 0.29) is 11.8 Å². The van der Waals surface area contributed by atoms with Crippen LogP contribution in [0.25, 0.3) is 0 Å². The second kappa shape index (κ2) is 5.98. The number of hydrogen-bond donors (Lipinski definition) is 2. The molecular weight excluding hydrogens is 224 g/mol. The van der Waals surface area contributed by atoms with Crippen molar-refractivity contribution in [2.24, 2.45) is 17.6 Å². The van der Waals surface area contributed by atoms with Gasteiger partial charge in [0.2, 0.25) is 10.0 Å². The fourth-order valence-electron chi connectivity index (χ4n) is 2.15. The summed E-state index contributed by atoms with van der Waals surface area (Å²) in [5, 5.41) is 0. The van der Waals surface area contributed by atoms with Crippen molar-refractivity contribution in [3.05, 3.63) is 0 Å². The number of rotatable bonds is 6. The van der Waals surface area contributed by atoms with E-state index in [0.717, 1.165) is 25.7 Å². The van der Waals surface area contributed by atoms with Crippen LogP contribution < -0.4 is 10.5 Å². The molecule has 0 spiro atoms. The Morgan fingerprint density at radius 2 is 2.06 bits per heavy atom. The Morgan fingerprint density at radius 3 is 2.62 bits per heavy atom. The van der Waals surface area contributed by atoms with Crippen molar-refractivity contribution in [1.82, 2.24) is 4.72 Å². The lowest BCUT2D eigenvalue weighted by Crippen LogP contribution is -2.41. The summed E-state index contributed by atoms with van der Waals surface area (Å²) in [5.74, 6) is 0.984. The Kier molecular flexibility index (Phi) is 5.21. The average molecular weight is 248 g/mol. The van der Waals surface area contributed by atoms with Crippen molar-refractivity contribution in [3.63, 3.8) is 0 Å². The fraction of sp³-hybridized carbons (Fsp3) is 1.00. The molecule has 0 saturated heterocycles. The maximum Gasteiger partial charge on any atom is 0.211 e. The molecule has 1 fully saturated rings. The first-order chi connectivity index (χ1) is 7.44. The topological polar surface area (TPSA) is 72.2 Å². The largest absolute Gasteiger partial charge is 0.330 e. The lowest BCUT2D eigenvalue weighted by atomic mass is 10.1. The van der Waals surface area contributed by atoms with Crippen LogP contribution in [0.5, 0.6) is 0 Å². The van der Waals surface area contributed by atoms with Crippen LogP contribution >= 0.6 is 0 Å². The number of hydrogen-bond acceptors (Lipinski definition) is 3. The van der Waals surface area contributed by atoms with Gasteiger partial charge in [-0.3, -0.25) is 0 Å². The van der Waals surface area contributed by atoms with Gasteiger partial charge in [0.15, 0.2) is 0 Å². The zero-order valence-corrected chi connectivity index (χ0v) is 11.1. The van der Waals surface area contributed by atoms with Gasteiger partial charge in [0.1, 0.15) is 0 Å². The molecule has 2 unspecified atom stereocenters. The maximum absolute atomic E-state index is 11.8. The standard InChI is InChI=1S/C11H24N2O2S/c1-9(2)6-7-16(14,15)13-11-5-3-4-10(11)8-12/h9-11,13H,3-8,12H2,1-2H3. The third-order valence-electron chi connectivity index (χ3n) is 3.26. The van der Waals surface area contributed by atoms with Crippen LogP contribution in [0.4, 0.5) is 0 Å². The van der Waals surface area contributed by atoms with E-state index in [9.17, 15) is 8.42 Å². The van der Waals surface area contributed by atoms with Crippen LogP contribution in [-0.2, 0) is 10.0 Å². The Bertz CT molecular complexity index is 301. The van der Waals surface area contributed by atoms with Crippen LogP contribution in [0.3, 0.4) is 0 Å². The predicted octanol–water partition coefficient (Wildman–Crippen LogP) is 1.08. The minimum Gasteiger partial charge on any atom is -0.330 e. The highest BCUT2D eigenvalue weighted by molar-refractivity contribution is 7.89. The zero-order valence-electron chi connectivity index (χ0n) is 10.3. The molecule has 0 heterocycles. The molecule has 1 rings (SSSR count). The minimum absolute atomic E-state index is 0.0714. The van der Waals surface area contributed by atoms with E-state index in [0.29, 0.717) is 18.4 Å². The zero-order chi connectivity index (χ0) is 12.2. The van der Waals surface area contributed by atoms with Gasteiger partial charge in [-0.2, -0.15) is 0 Å². The van der Waals surface area contributed by atoms with Crippen LogP contribution in [0.15, 0.2) is 0 Å². The minimum atomic E-state index is -3.11. The molecule has 1 saturated carbocycles. The summed E-state index contributed by atoms with van der Waals surface area (Å²) >= 11 is 0. The van der Waals surface area contributed by atoms with E-state index in [2.05, 4.69) is 4.72 Å². The first-order valence-electron chi connectivity index (χ1n) is 6.14. The van der Waals surface area contributed by atoms with Gasteiger partial charge in [0.25, 0.3) is 0 Å². The molecule has 1 aliphatic carbocycles. The summed E-state index contributed by atoms with van der Waals surface area (Å²) in [6.45, 7) is 4.65. The van der Waals surface area contributed by atoms with E-state index < -0.39 is 10.0 Å². The summed E-state index contributed by atoms with van der Waals surface area (Å²) in [7, 11) is -3.11. The van der Waals surface area contributed by atoms with Gasteiger partial charge in [-0.15, -0.1) is 0 Å². The summed E-state index contributed by atoms with van der Waals surface area (Å²) in [5.41, 5.74) is 5.63. The summed E-state index contributed by atoms with van der Waals surface area (Å²) in [6.07, 6.45) is 3.78. The highest BCUT2D eigenvalue weighted by atomic mass is 32.2. The van der Waals surface area contributed by atoms with Gasteiger partial charge in [0, 0.05) is 6.04 Å². The van der Waals surface area contributed by atoms with Crippen LogP contribution in [0, 0.1) is 11.8 Å². The lowest BCUT2D eigenvalue weighted by Gasteiger charge is -2.19. The molecule has 0 amide bonds. The van der Waals surface area contributed by atoms with Gasteiger partial charge >= 0.3 is 0 Å². The Hall–Kier alpha value is -0.130. The third kappa shape index (κ3) is 4.39. The van der Waals surface area contributed by atoms with Crippen molar-refractivity contribution < 1.29 is 8.42 Å². The van der Waals surface area contributed by atoms with Crippen molar-refractivity contribution in [2.45, 2.75) is 45.6 Å². The summed E-state index contributed by atoms with van der Waals surface area (Å²) in [6, 6.07) is 0.0714. The summed E-state index contributed by atoms with van der Waals surface area (Å²) in [4.78, 5) is 0. The van der Waals surface area contributed by atoms with E-state index in [4.69, 9.17) is 5.73 Å². The van der Waals surface area contributed by atoms with Gasteiger partial charge < -0.3 is 5.73 Å². The van der Waals surface area contributed by atoms with E-state index in [1.165, 1.54) is 0 Å². The average Bonchev–Trinajstić information content (AvgIpc) is 2.61. The summed E-state index contributed by atoms with van der Waals surface area (Å²) < 4.78 is 26.4. The Balaban J connectivity index is 2.45. The highest BCUT2D eigenvalue weighted by Gasteiger charge is 2.29. The van der Waals surface area contributed by atoms with Crippen LogP contribution in [0.1, 0.15) is 39.5 Å². The molecule has 96 valence electrons. The van der Waals surface area contributed by atoms with Gasteiger partial charge in [-0.05, 0) is 37.6 Å². The second-order valence-corrected chi connectivity index (χ2v) is 7.03. The first-order valence-corrected chi connectivity index (χ1v) is 7.80. The van der Waals surface area contributed by atoms with Crippen molar-refractivity contribution >= 4 is 10.0 Å². The smallest absolute Gasteiger partial charge is 0.211 e. The lowest BCUT2D eigenvalue weighted by molar-refractivity contribution is 0.451. The molecule has 0 aliphatic heterocycles. The molecule has 0 radical (unpaired) electrons. The van der Waals surface area contributed by atoms with Gasteiger partial charge in [-0.25, -0.2) is 13.1 Å². The third-order valence-corrected chi connectivity index (χ3v) is 4.69. The highest BCUT2D eigenvalue weighted by Crippen LogP contribution is 2.25. The molecule has 4 nitrogen and oxygen atoms in total. The molecular formula is C11H24N2O2S. The Labute approximate surface area is 99.0 Å². The predicted molar refractivity (Wildman–Crippen MR) is 66.6 cm³/mol. The molecule has 3 N–H and O–H groups in total. The molecule has 0 aromatic heterocycles. The number of nitrogens with two attached hydrogens (primary N) is 1. The maximum atomic E-state index is 11.8. The van der Waals surface area contributed by atoms with E-state index in [1.54, 1.807) is 0 Å². The van der Waals surface area contributed by atoms with Crippen molar-refractivity contribution in [2.75, 3.05) is 12.3 Å². The van der Waals surface area contributed by atoms with Crippen molar-refractivity contribution in [3.8, 4) is 0 Å². The van der Waals surface area contributed by atoms with Crippen molar-refractivity contribution in [1.29, 1.82) is 0 Å². The number of nitrogens with one attached hydrogen (secondary N) is 1. The second-order valence-electron chi connectivity index (χ2n) is 5.15. The fourth-order valence-corrected chi connectivity index (χ4v) is 3.83.